The summed E-state index contributed by atoms with van der Waals surface area (Å²) in [5, 5.41) is 8.26. The topological polar surface area (TPSA) is 77.8 Å². The normalized spacial score (nSPS) is 18.8. The number of benzene rings is 1. The van der Waals surface area contributed by atoms with Crippen molar-refractivity contribution < 1.29 is 4.79 Å². The molecule has 2 unspecified atom stereocenters. The van der Waals surface area contributed by atoms with E-state index in [0.717, 1.165) is 24.8 Å². The Morgan fingerprint density at radius 1 is 1.33 bits per heavy atom. The molecule has 5 nitrogen and oxygen atoms in total. The third kappa shape index (κ3) is 2.77. The maximum atomic E-state index is 12.5. The third-order valence-corrected chi connectivity index (χ3v) is 4.13. The minimum absolute atomic E-state index is 0.0247. The number of hydrogen-bond acceptors (Lipinski definition) is 2. The molecule has 0 spiro atoms. The molecule has 0 bridgehead atoms. The van der Waals surface area contributed by atoms with Crippen LogP contribution in [-0.2, 0) is 11.2 Å². The number of fused-ring (bicyclic) bond motifs is 1. The van der Waals surface area contributed by atoms with Gasteiger partial charge in [0.15, 0.2) is 0 Å². The van der Waals surface area contributed by atoms with Crippen LogP contribution >= 0.6 is 0 Å². The van der Waals surface area contributed by atoms with Gasteiger partial charge in [-0.05, 0) is 37.3 Å². The molecule has 2 atom stereocenters. The van der Waals surface area contributed by atoms with E-state index < -0.39 is 0 Å². The van der Waals surface area contributed by atoms with Gasteiger partial charge >= 0.3 is 0 Å². The van der Waals surface area contributed by atoms with Crippen LogP contribution in [0.1, 0.15) is 48.5 Å². The van der Waals surface area contributed by atoms with Crippen molar-refractivity contribution in [3.05, 3.63) is 57.5 Å². The highest BCUT2D eigenvalue weighted by atomic mass is 16.2. The van der Waals surface area contributed by atoms with E-state index in [-0.39, 0.29) is 23.4 Å². The van der Waals surface area contributed by atoms with Crippen molar-refractivity contribution >= 4 is 5.91 Å². The average molecular weight is 285 g/mol. The molecule has 0 fully saturated rings. The summed E-state index contributed by atoms with van der Waals surface area (Å²) >= 11 is 0. The van der Waals surface area contributed by atoms with Crippen LogP contribution in [0.4, 0.5) is 0 Å². The second kappa shape index (κ2) is 5.60. The van der Waals surface area contributed by atoms with Crippen molar-refractivity contribution in [1.29, 1.82) is 0 Å². The minimum Gasteiger partial charge on any atom is -0.348 e. The first-order valence-electron chi connectivity index (χ1n) is 7.31. The number of aromatic nitrogens is 2. The zero-order valence-corrected chi connectivity index (χ0v) is 12.0. The predicted molar refractivity (Wildman–Crippen MR) is 80.1 cm³/mol. The summed E-state index contributed by atoms with van der Waals surface area (Å²) in [4.78, 5) is 23.7. The number of aryl methyl sites for hydroxylation is 1. The number of carbonyl (C=O) groups excluding carboxylic acids is 1. The van der Waals surface area contributed by atoms with E-state index in [0.29, 0.717) is 5.69 Å². The molecular formula is C16H19N3O2. The number of hydrogen-bond donors (Lipinski definition) is 3. The van der Waals surface area contributed by atoms with Crippen LogP contribution in [0.5, 0.6) is 0 Å². The Morgan fingerprint density at radius 3 is 2.90 bits per heavy atom. The largest absolute Gasteiger partial charge is 0.348 e. The zero-order chi connectivity index (χ0) is 14.8. The fourth-order valence-electron chi connectivity index (χ4n) is 3.00. The first-order valence-corrected chi connectivity index (χ1v) is 7.31. The van der Waals surface area contributed by atoms with E-state index in [2.05, 4.69) is 21.6 Å². The Labute approximate surface area is 122 Å². The molecule has 5 heteroatoms. The van der Waals surface area contributed by atoms with E-state index in [4.69, 9.17) is 0 Å². The van der Waals surface area contributed by atoms with E-state index in [1.54, 1.807) is 0 Å². The van der Waals surface area contributed by atoms with E-state index in [1.807, 2.05) is 25.1 Å². The van der Waals surface area contributed by atoms with Crippen LogP contribution in [0.3, 0.4) is 0 Å². The second-order valence-electron chi connectivity index (χ2n) is 5.59. The monoisotopic (exact) mass is 285 g/mol. The molecule has 0 aliphatic heterocycles. The van der Waals surface area contributed by atoms with Gasteiger partial charge in [-0.1, -0.05) is 24.3 Å². The van der Waals surface area contributed by atoms with Gasteiger partial charge in [0.2, 0.25) is 5.91 Å². The van der Waals surface area contributed by atoms with Gasteiger partial charge in [-0.2, -0.15) is 0 Å². The molecule has 1 heterocycles. The van der Waals surface area contributed by atoms with Crippen LogP contribution < -0.4 is 10.9 Å². The maximum absolute atomic E-state index is 12.5. The van der Waals surface area contributed by atoms with Crippen LogP contribution in [0.2, 0.25) is 0 Å². The third-order valence-electron chi connectivity index (χ3n) is 4.13. The molecular weight excluding hydrogens is 266 g/mol. The number of carbonyl (C=O) groups is 1. The number of rotatable bonds is 3. The maximum Gasteiger partial charge on any atom is 0.264 e. The summed E-state index contributed by atoms with van der Waals surface area (Å²) in [6, 6.07) is 9.40. The van der Waals surface area contributed by atoms with Gasteiger partial charge in [0.05, 0.1) is 17.7 Å². The van der Waals surface area contributed by atoms with Gasteiger partial charge in [0.1, 0.15) is 0 Å². The Bertz CT molecular complexity index is 701. The molecule has 0 radical (unpaired) electrons. The molecule has 1 aliphatic rings. The van der Waals surface area contributed by atoms with Crippen LogP contribution in [0, 0.1) is 0 Å². The summed E-state index contributed by atoms with van der Waals surface area (Å²) in [7, 11) is 0. The lowest BCUT2D eigenvalue weighted by atomic mass is 9.82. The average Bonchev–Trinajstić information content (AvgIpc) is 2.93. The minimum atomic E-state index is -0.217. The van der Waals surface area contributed by atoms with Crippen molar-refractivity contribution in [3.8, 4) is 0 Å². The highest BCUT2D eigenvalue weighted by molar-refractivity contribution is 5.84. The fraction of sp³-hybridized carbons (Fsp3) is 0.375. The van der Waals surface area contributed by atoms with Crippen molar-refractivity contribution in [2.75, 3.05) is 0 Å². The van der Waals surface area contributed by atoms with Gasteiger partial charge in [-0.3, -0.25) is 14.7 Å². The highest BCUT2D eigenvalue weighted by Crippen LogP contribution is 2.31. The summed E-state index contributed by atoms with van der Waals surface area (Å²) in [5.41, 5.74) is 2.91. The molecule has 110 valence electrons. The molecule has 0 saturated heterocycles. The quantitative estimate of drug-likeness (QED) is 0.806. The van der Waals surface area contributed by atoms with Gasteiger partial charge < -0.3 is 10.4 Å². The first-order chi connectivity index (χ1) is 10.1. The standard InChI is InChI=1S/C16H19N3O2/c1-10(14-9-15(20)19-18-14)17-16(21)13-8-4-6-11-5-2-3-7-12(11)13/h2-3,5,7,9-10,13H,4,6,8H2,1H3,(H,17,21)(H2,18,19,20). The lowest BCUT2D eigenvalue weighted by Gasteiger charge is -2.26. The molecule has 1 aromatic heterocycles. The second-order valence-corrected chi connectivity index (χ2v) is 5.59. The molecule has 21 heavy (non-hydrogen) atoms. The van der Waals surface area contributed by atoms with E-state index >= 15 is 0 Å². The van der Waals surface area contributed by atoms with E-state index in [1.165, 1.54) is 11.6 Å². The van der Waals surface area contributed by atoms with Crippen LogP contribution in [0.25, 0.3) is 0 Å². The van der Waals surface area contributed by atoms with Gasteiger partial charge in [-0.25, -0.2) is 0 Å². The SMILES string of the molecule is CC(NC(=O)C1CCCc2ccccc21)c1cc(=O)[nH][nH]1. The van der Waals surface area contributed by atoms with Crippen LogP contribution in [0.15, 0.2) is 35.1 Å². The van der Waals surface area contributed by atoms with Gasteiger partial charge in [0, 0.05) is 6.07 Å². The van der Waals surface area contributed by atoms with Crippen molar-refractivity contribution in [3.63, 3.8) is 0 Å². The van der Waals surface area contributed by atoms with Crippen molar-refractivity contribution in [2.45, 2.75) is 38.1 Å². The molecule has 1 aromatic carbocycles. The van der Waals surface area contributed by atoms with Gasteiger partial charge in [-0.15, -0.1) is 0 Å². The number of H-pyrrole nitrogens is 2. The molecule has 3 rings (SSSR count). The lowest BCUT2D eigenvalue weighted by molar-refractivity contribution is -0.123. The molecule has 1 aliphatic carbocycles. The fourth-order valence-corrected chi connectivity index (χ4v) is 3.00. The number of amides is 1. The van der Waals surface area contributed by atoms with Gasteiger partial charge in [0.25, 0.3) is 5.56 Å². The molecule has 2 aromatic rings. The summed E-state index contributed by atoms with van der Waals surface area (Å²) in [5.74, 6) is -0.0697. The number of nitrogens with one attached hydrogen (secondary N) is 3. The molecule has 1 amide bonds. The Morgan fingerprint density at radius 2 is 2.14 bits per heavy atom. The Balaban J connectivity index is 1.76. The zero-order valence-electron chi connectivity index (χ0n) is 12.0. The predicted octanol–water partition coefficient (Wildman–Crippen LogP) is 2.00. The lowest BCUT2D eigenvalue weighted by Crippen LogP contribution is -2.33. The van der Waals surface area contributed by atoms with E-state index in [9.17, 15) is 9.59 Å². The summed E-state index contributed by atoms with van der Waals surface area (Å²) in [6.45, 7) is 1.87. The van der Waals surface area contributed by atoms with Crippen molar-refractivity contribution in [1.82, 2.24) is 15.5 Å². The first kappa shape index (κ1) is 13.7. The Hall–Kier alpha value is -2.30. The summed E-state index contributed by atoms with van der Waals surface area (Å²) < 4.78 is 0. The highest BCUT2D eigenvalue weighted by Gasteiger charge is 2.27. The smallest absolute Gasteiger partial charge is 0.264 e. The van der Waals surface area contributed by atoms with Crippen LogP contribution in [-0.4, -0.2) is 16.1 Å². The van der Waals surface area contributed by atoms with Crippen molar-refractivity contribution in [2.24, 2.45) is 0 Å². The summed E-state index contributed by atoms with van der Waals surface area (Å²) in [6.07, 6.45) is 2.95. The number of aromatic amines is 2. The molecule has 3 N–H and O–H groups in total. The Kier molecular flexibility index (Phi) is 3.64. The molecule has 0 saturated carbocycles.